The molecule has 0 aliphatic carbocycles. The molecule has 0 atom stereocenters. The van der Waals surface area contributed by atoms with Crippen LogP contribution in [0.2, 0.25) is 0 Å². The molecule has 0 unspecified atom stereocenters. The van der Waals surface area contributed by atoms with Crippen LogP contribution in [0, 0.1) is 5.41 Å². The van der Waals surface area contributed by atoms with Crippen LogP contribution in [0.1, 0.15) is 46.5 Å². The fourth-order valence-corrected chi connectivity index (χ4v) is 2.59. The molecule has 0 aromatic rings. The molecule has 0 aromatic carbocycles. The van der Waals surface area contributed by atoms with Gasteiger partial charge >= 0.3 is 0 Å². The maximum Gasteiger partial charge on any atom is 0.191 e. The number of aliphatic hydroxyl groups is 1. The summed E-state index contributed by atoms with van der Waals surface area (Å²) in [7, 11) is 0. The zero-order valence-electron chi connectivity index (χ0n) is 14.1. The van der Waals surface area contributed by atoms with Crippen LogP contribution in [0.4, 0.5) is 0 Å². The molecule has 0 aliphatic heterocycles. The van der Waals surface area contributed by atoms with Gasteiger partial charge in [0.25, 0.3) is 0 Å². The number of halogens is 1. The van der Waals surface area contributed by atoms with Crippen LogP contribution in [0.3, 0.4) is 0 Å². The molecule has 0 spiro atoms. The van der Waals surface area contributed by atoms with Crippen LogP contribution in [-0.4, -0.2) is 49.3 Å². The summed E-state index contributed by atoms with van der Waals surface area (Å²) in [5, 5.41) is 15.9. The monoisotopic (exact) mass is 431 g/mol. The van der Waals surface area contributed by atoms with Gasteiger partial charge in [0.15, 0.2) is 5.96 Å². The zero-order valence-corrected chi connectivity index (χ0v) is 17.2. The van der Waals surface area contributed by atoms with E-state index in [9.17, 15) is 5.11 Å². The molecule has 0 aromatic heterocycles. The van der Waals surface area contributed by atoms with Crippen LogP contribution >= 0.6 is 35.7 Å². The Hall–Kier alpha value is 0.310. The van der Waals surface area contributed by atoms with E-state index in [0.29, 0.717) is 0 Å². The van der Waals surface area contributed by atoms with E-state index in [2.05, 4.69) is 37.7 Å². The first-order valence-corrected chi connectivity index (χ1v) is 9.19. The Balaban J connectivity index is 0. The number of thioether (sulfide) groups is 1. The number of aliphatic imine (C=N–C) groups is 1. The van der Waals surface area contributed by atoms with Gasteiger partial charge in [-0.1, -0.05) is 13.8 Å². The molecule has 0 amide bonds. The van der Waals surface area contributed by atoms with E-state index in [1.807, 2.05) is 11.8 Å². The van der Waals surface area contributed by atoms with Gasteiger partial charge in [-0.3, -0.25) is 4.99 Å². The molecular formula is C15H34IN3OS. The summed E-state index contributed by atoms with van der Waals surface area (Å²) < 4.78 is 0. The number of rotatable bonds is 11. The summed E-state index contributed by atoms with van der Waals surface area (Å²) in [6, 6.07) is 0. The molecule has 6 heteroatoms. The predicted molar refractivity (Wildman–Crippen MR) is 107 cm³/mol. The average Bonchev–Trinajstić information content (AvgIpc) is 2.47. The van der Waals surface area contributed by atoms with Gasteiger partial charge < -0.3 is 15.7 Å². The Kier molecular flexibility index (Phi) is 17.1. The number of hydrogen-bond acceptors (Lipinski definition) is 3. The standard InChI is InChI=1S/C15H33N3OS.HI/c1-5-15(6-2,9-11-19)13-18-14(16-7-3)17-10-8-12-20-4;/h19H,5-13H2,1-4H3,(H2,16,17,18);1H. The Morgan fingerprint density at radius 3 is 2.33 bits per heavy atom. The first kappa shape index (κ1) is 23.6. The van der Waals surface area contributed by atoms with Crippen molar-refractivity contribution in [2.75, 3.05) is 38.2 Å². The van der Waals surface area contributed by atoms with E-state index in [1.165, 1.54) is 5.75 Å². The molecule has 0 fully saturated rings. The van der Waals surface area contributed by atoms with Crippen molar-refractivity contribution < 1.29 is 5.11 Å². The third-order valence-corrected chi connectivity index (χ3v) is 4.57. The van der Waals surface area contributed by atoms with E-state index >= 15 is 0 Å². The molecule has 0 bridgehead atoms. The number of guanidine groups is 1. The van der Waals surface area contributed by atoms with Crippen molar-refractivity contribution in [1.82, 2.24) is 10.6 Å². The van der Waals surface area contributed by atoms with E-state index in [1.54, 1.807) is 0 Å². The average molecular weight is 431 g/mol. The maximum absolute atomic E-state index is 9.25. The van der Waals surface area contributed by atoms with Gasteiger partial charge in [0.05, 0.1) is 0 Å². The topological polar surface area (TPSA) is 56.7 Å². The van der Waals surface area contributed by atoms with Crippen molar-refractivity contribution in [3.05, 3.63) is 0 Å². The molecule has 0 heterocycles. The quantitative estimate of drug-likeness (QED) is 0.204. The minimum absolute atomic E-state index is 0. The van der Waals surface area contributed by atoms with Gasteiger partial charge in [0.1, 0.15) is 0 Å². The summed E-state index contributed by atoms with van der Waals surface area (Å²) >= 11 is 1.87. The zero-order chi connectivity index (χ0) is 15.3. The van der Waals surface area contributed by atoms with Crippen LogP contribution in [0.25, 0.3) is 0 Å². The number of nitrogens with zero attached hydrogens (tertiary/aromatic N) is 1. The van der Waals surface area contributed by atoms with Gasteiger partial charge in [0, 0.05) is 26.2 Å². The minimum Gasteiger partial charge on any atom is -0.396 e. The fraction of sp³-hybridized carbons (Fsp3) is 0.933. The van der Waals surface area contributed by atoms with Crippen LogP contribution in [-0.2, 0) is 0 Å². The molecular weight excluding hydrogens is 397 g/mol. The second-order valence-electron chi connectivity index (χ2n) is 5.15. The number of nitrogens with one attached hydrogen (secondary N) is 2. The van der Waals surface area contributed by atoms with E-state index in [-0.39, 0.29) is 36.0 Å². The first-order valence-electron chi connectivity index (χ1n) is 7.80. The van der Waals surface area contributed by atoms with Crippen LogP contribution in [0.5, 0.6) is 0 Å². The Labute approximate surface area is 152 Å². The lowest BCUT2D eigenvalue weighted by molar-refractivity contribution is 0.175. The van der Waals surface area contributed by atoms with E-state index in [4.69, 9.17) is 4.99 Å². The molecule has 21 heavy (non-hydrogen) atoms. The summed E-state index contributed by atoms with van der Waals surface area (Å²) in [6.07, 6.45) is 6.22. The Bertz CT molecular complexity index is 261. The third-order valence-electron chi connectivity index (χ3n) is 3.88. The van der Waals surface area contributed by atoms with Gasteiger partial charge in [-0.2, -0.15) is 11.8 Å². The summed E-state index contributed by atoms with van der Waals surface area (Å²) in [5.74, 6) is 2.07. The molecule has 0 radical (unpaired) electrons. The van der Waals surface area contributed by atoms with Crippen LogP contribution < -0.4 is 10.6 Å². The van der Waals surface area contributed by atoms with Crippen molar-refractivity contribution in [3.8, 4) is 0 Å². The van der Waals surface area contributed by atoms with Crippen molar-refractivity contribution in [3.63, 3.8) is 0 Å². The molecule has 3 N–H and O–H groups in total. The second-order valence-corrected chi connectivity index (χ2v) is 6.13. The molecule has 4 nitrogen and oxygen atoms in total. The second kappa shape index (κ2) is 15.2. The lowest BCUT2D eigenvalue weighted by atomic mass is 9.79. The molecule has 0 aliphatic rings. The van der Waals surface area contributed by atoms with Crippen molar-refractivity contribution >= 4 is 41.7 Å². The molecule has 0 saturated carbocycles. The highest BCUT2D eigenvalue weighted by Crippen LogP contribution is 2.30. The van der Waals surface area contributed by atoms with Crippen molar-refractivity contribution in [1.29, 1.82) is 0 Å². The maximum atomic E-state index is 9.25. The Morgan fingerprint density at radius 1 is 1.19 bits per heavy atom. The van der Waals surface area contributed by atoms with E-state index < -0.39 is 0 Å². The minimum atomic E-state index is 0. The van der Waals surface area contributed by atoms with Gasteiger partial charge in [0.2, 0.25) is 0 Å². The van der Waals surface area contributed by atoms with Gasteiger partial charge in [-0.05, 0) is 50.0 Å². The largest absolute Gasteiger partial charge is 0.396 e. The van der Waals surface area contributed by atoms with Gasteiger partial charge in [-0.25, -0.2) is 0 Å². The predicted octanol–water partition coefficient (Wildman–Crippen LogP) is 3.10. The van der Waals surface area contributed by atoms with Crippen molar-refractivity contribution in [2.24, 2.45) is 10.4 Å². The highest BCUT2D eigenvalue weighted by Gasteiger charge is 2.25. The third kappa shape index (κ3) is 10.6. The molecule has 0 rings (SSSR count). The smallest absolute Gasteiger partial charge is 0.191 e. The SMILES string of the molecule is CCNC(=NCC(CC)(CC)CCO)NCCCSC.I. The van der Waals surface area contributed by atoms with E-state index in [0.717, 1.165) is 51.3 Å². The lowest BCUT2D eigenvalue weighted by Crippen LogP contribution is -2.39. The fourth-order valence-electron chi connectivity index (χ4n) is 2.16. The summed E-state index contributed by atoms with van der Waals surface area (Å²) in [5.41, 5.74) is 0.135. The first-order chi connectivity index (χ1) is 9.67. The summed E-state index contributed by atoms with van der Waals surface area (Å²) in [6.45, 7) is 9.31. The van der Waals surface area contributed by atoms with Crippen molar-refractivity contribution in [2.45, 2.75) is 46.5 Å². The number of hydrogen-bond donors (Lipinski definition) is 3. The van der Waals surface area contributed by atoms with Crippen LogP contribution in [0.15, 0.2) is 4.99 Å². The van der Waals surface area contributed by atoms with Gasteiger partial charge in [-0.15, -0.1) is 24.0 Å². The normalized spacial score (nSPS) is 12.0. The molecule has 0 saturated heterocycles. The number of aliphatic hydroxyl groups excluding tert-OH is 1. The highest BCUT2D eigenvalue weighted by molar-refractivity contribution is 14.0. The highest BCUT2D eigenvalue weighted by atomic mass is 127. The molecule has 128 valence electrons. The Morgan fingerprint density at radius 2 is 1.86 bits per heavy atom. The summed E-state index contributed by atoms with van der Waals surface area (Å²) in [4.78, 5) is 4.72. The lowest BCUT2D eigenvalue weighted by Gasteiger charge is -2.29.